The van der Waals surface area contributed by atoms with Crippen molar-refractivity contribution >= 4 is 22.8 Å². The topological polar surface area (TPSA) is 61.8 Å². The van der Waals surface area contributed by atoms with Gasteiger partial charge in [-0.2, -0.15) is 10.9 Å². The van der Waals surface area contributed by atoms with Crippen molar-refractivity contribution in [1.29, 1.82) is 0 Å². The van der Waals surface area contributed by atoms with Gasteiger partial charge >= 0.3 is 11.9 Å². The Hall–Kier alpha value is -2.99. The lowest BCUT2D eigenvalue weighted by Gasteiger charge is -2.37. The minimum Gasteiger partial charge on any atom is -0.482 e. The molecule has 6 heteroatoms. The zero-order valence-corrected chi connectivity index (χ0v) is 23.6. The van der Waals surface area contributed by atoms with Gasteiger partial charge in [0.05, 0.1) is 5.92 Å². The number of allylic oxidation sites excluding steroid dienone is 2. The Morgan fingerprint density at radius 3 is 2.31 bits per heavy atom. The predicted octanol–water partition coefficient (Wildman–Crippen LogP) is 6.78. The van der Waals surface area contributed by atoms with Crippen LogP contribution in [-0.4, -0.2) is 36.0 Å². The zero-order chi connectivity index (χ0) is 26.9. The standard InChI is InChI=1S/C33H38O5S/c1-21-15-27(39(25-9-5-3-6-10-25)26-11-7-4-8-12-26)16-22(2)32(21)36-20-31(34)37-30-19-24-14-13-23-17-28(24)33(35)38-29(30)18-23/h3-12,15,23-24,27-30,39H,13-14,16-20H2,1-2H3. The molecule has 2 aromatic rings. The van der Waals surface area contributed by atoms with Crippen LogP contribution in [0.3, 0.4) is 0 Å². The van der Waals surface area contributed by atoms with Crippen LogP contribution < -0.4 is 0 Å². The summed E-state index contributed by atoms with van der Waals surface area (Å²) in [6.07, 6.45) is 7.12. The van der Waals surface area contributed by atoms with Crippen molar-refractivity contribution in [2.24, 2.45) is 17.8 Å². The summed E-state index contributed by atoms with van der Waals surface area (Å²) in [6.45, 7) is 4.05. The summed E-state index contributed by atoms with van der Waals surface area (Å²) in [7, 11) is -0.588. The molecule has 6 atom stereocenters. The third-order valence-corrected chi connectivity index (χ3v) is 11.6. The van der Waals surface area contributed by atoms with Gasteiger partial charge in [0.15, 0.2) is 6.61 Å². The van der Waals surface area contributed by atoms with Crippen LogP contribution in [0.15, 0.2) is 93.4 Å². The first kappa shape index (κ1) is 26.2. The first-order chi connectivity index (χ1) is 19.0. The summed E-state index contributed by atoms with van der Waals surface area (Å²) in [6, 6.07) is 21.5. The van der Waals surface area contributed by atoms with E-state index in [1.54, 1.807) is 0 Å². The maximum atomic E-state index is 12.9. The Labute approximate surface area is 234 Å². The average Bonchev–Trinajstić information content (AvgIpc) is 3.14. The molecule has 2 saturated heterocycles. The van der Waals surface area contributed by atoms with Crippen LogP contribution in [0, 0.1) is 17.8 Å². The highest BCUT2D eigenvalue weighted by Crippen LogP contribution is 2.52. The molecule has 3 bridgehead atoms. The van der Waals surface area contributed by atoms with Gasteiger partial charge < -0.3 is 14.2 Å². The summed E-state index contributed by atoms with van der Waals surface area (Å²) in [4.78, 5) is 28.2. The molecule has 2 aromatic carbocycles. The van der Waals surface area contributed by atoms with Crippen molar-refractivity contribution in [3.8, 4) is 0 Å². The van der Waals surface area contributed by atoms with Crippen LogP contribution in [0.5, 0.6) is 0 Å². The minimum absolute atomic E-state index is 0.0262. The van der Waals surface area contributed by atoms with Crippen molar-refractivity contribution in [1.82, 2.24) is 0 Å². The van der Waals surface area contributed by atoms with E-state index in [1.165, 1.54) is 9.79 Å². The van der Waals surface area contributed by atoms with E-state index in [0.717, 1.165) is 49.0 Å². The molecular formula is C33H38O5S. The highest BCUT2D eigenvalue weighted by Gasteiger charge is 2.49. The van der Waals surface area contributed by atoms with Gasteiger partial charge in [0.25, 0.3) is 0 Å². The molecule has 0 N–H and O–H groups in total. The third-order valence-electron chi connectivity index (χ3n) is 8.91. The van der Waals surface area contributed by atoms with E-state index in [-0.39, 0.29) is 42.6 Å². The molecule has 206 valence electrons. The van der Waals surface area contributed by atoms with Crippen molar-refractivity contribution in [2.75, 3.05) is 6.61 Å². The molecule has 0 spiro atoms. The van der Waals surface area contributed by atoms with Crippen LogP contribution in [0.4, 0.5) is 0 Å². The summed E-state index contributed by atoms with van der Waals surface area (Å²) in [5.41, 5.74) is 2.22. The first-order valence-corrected chi connectivity index (χ1v) is 15.7. The molecule has 3 fully saturated rings. The fraction of sp³-hybridized carbons (Fsp3) is 0.455. The van der Waals surface area contributed by atoms with Gasteiger partial charge in [-0.15, -0.1) is 0 Å². The Kier molecular flexibility index (Phi) is 7.57. The quantitative estimate of drug-likeness (QED) is 0.306. The summed E-state index contributed by atoms with van der Waals surface area (Å²) in [5, 5.41) is 0.347. The van der Waals surface area contributed by atoms with Crippen molar-refractivity contribution in [3.63, 3.8) is 0 Å². The number of ether oxygens (including phenoxy) is 3. The average molecular weight is 547 g/mol. The van der Waals surface area contributed by atoms with Gasteiger partial charge in [0, 0.05) is 5.25 Å². The molecule has 4 aliphatic rings. The monoisotopic (exact) mass is 546 g/mol. The lowest BCUT2D eigenvalue weighted by Crippen LogP contribution is -2.39. The van der Waals surface area contributed by atoms with E-state index in [4.69, 9.17) is 14.2 Å². The van der Waals surface area contributed by atoms with Crippen LogP contribution in [-0.2, 0) is 23.8 Å². The number of benzene rings is 2. The highest BCUT2D eigenvalue weighted by atomic mass is 32.2. The lowest BCUT2D eigenvalue weighted by atomic mass is 9.68. The fourth-order valence-corrected chi connectivity index (χ4v) is 10.0. The molecule has 6 rings (SSSR count). The van der Waals surface area contributed by atoms with Gasteiger partial charge in [-0.3, -0.25) is 4.79 Å². The second kappa shape index (κ2) is 11.2. The fourth-order valence-electron chi connectivity index (χ4n) is 7.13. The van der Waals surface area contributed by atoms with E-state index in [0.29, 0.717) is 17.6 Å². The summed E-state index contributed by atoms with van der Waals surface area (Å²) in [5.74, 6) is 1.04. The number of carbonyl (C=O) groups is 2. The summed E-state index contributed by atoms with van der Waals surface area (Å²) < 4.78 is 17.8. The van der Waals surface area contributed by atoms with Crippen LogP contribution in [0.25, 0.3) is 0 Å². The Morgan fingerprint density at radius 1 is 0.949 bits per heavy atom. The van der Waals surface area contributed by atoms with Gasteiger partial charge in [-0.1, -0.05) is 42.5 Å². The van der Waals surface area contributed by atoms with E-state index in [9.17, 15) is 9.59 Å². The van der Waals surface area contributed by atoms with Crippen molar-refractivity contribution in [3.05, 3.63) is 83.6 Å². The number of hydrogen-bond donors (Lipinski definition) is 1. The molecule has 2 aliphatic heterocycles. The van der Waals surface area contributed by atoms with E-state index >= 15 is 0 Å². The number of hydrogen-bond acceptors (Lipinski definition) is 5. The van der Waals surface area contributed by atoms with Gasteiger partial charge in [-0.25, -0.2) is 4.79 Å². The summed E-state index contributed by atoms with van der Waals surface area (Å²) >= 11 is 0. The number of esters is 2. The Bertz CT molecular complexity index is 1230. The van der Waals surface area contributed by atoms with Crippen LogP contribution in [0.2, 0.25) is 0 Å². The van der Waals surface area contributed by atoms with Crippen LogP contribution >= 0.6 is 10.9 Å². The van der Waals surface area contributed by atoms with Crippen molar-refractivity contribution < 1.29 is 23.8 Å². The maximum absolute atomic E-state index is 12.9. The predicted molar refractivity (Wildman–Crippen MR) is 153 cm³/mol. The molecule has 1 saturated carbocycles. The van der Waals surface area contributed by atoms with Gasteiger partial charge in [0.2, 0.25) is 0 Å². The van der Waals surface area contributed by atoms with E-state index < -0.39 is 10.9 Å². The molecule has 39 heavy (non-hydrogen) atoms. The van der Waals surface area contributed by atoms with Gasteiger partial charge in [0.1, 0.15) is 18.0 Å². The number of rotatable bonds is 7. The molecule has 0 radical (unpaired) electrons. The SMILES string of the molecule is CC1=CC([SH](c2ccccc2)c2ccccc2)CC(C)=C1OCC(=O)OC1CC2CCC3CC1OC(=O)C2C3. The molecule has 0 amide bonds. The number of fused-ring (bicyclic) bond motifs is 3. The number of thiol groups is 1. The largest absolute Gasteiger partial charge is 0.482 e. The normalized spacial score (nSPS) is 30.2. The smallest absolute Gasteiger partial charge is 0.344 e. The Morgan fingerprint density at radius 2 is 1.64 bits per heavy atom. The second-order valence-corrected chi connectivity index (χ2v) is 14.0. The molecule has 0 aromatic heterocycles. The molecule has 5 nitrogen and oxygen atoms in total. The maximum Gasteiger partial charge on any atom is 0.344 e. The van der Waals surface area contributed by atoms with Crippen molar-refractivity contribution in [2.45, 2.75) is 79.6 Å². The van der Waals surface area contributed by atoms with Gasteiger partial charge in [-0.05, 0) is 109 Å². The highest BCUT2D eigenvalue weighted by molar-refractivity contribution is 8.17. The van der Waals surface area contributed by atoms with E-state index in [1.807, 2.05) is 0 Å². The minimum atomic E-state index is -0.588. The molecule has 2 aliphatic carbocycles. The molecular weight excluding hydrogens is 508 g/mol. The van der Waals surface area contributed by atoms with E-state index in [2.05, 4.69) is 80.6 Å². The molecule has 6 unspecified atom stereocenters. The zero-order valence-electron chi connectivity index (χ0n) is 22.8. The Balaban J connectivity index is 1.12. The molecule has 2 heterocycles. The third kappa shape index (κ3) is 5.54. The first-order valence-electron chi connectivity index (χ1n) is 14.3. The van der Waals surface area contributed by atoms with Crippen LogP contribution in [0.1, 0.15) is 52.4 Å². The lowest BCUT2D eigenvalue weighted by molar-refractivity contribution is -0.168. The number of carbonyl (C=O) groups excluding carboxylic acids is 2. The second-order valence-electron chi connectivity index (χ2n) is 11.6.